The van der Waals surface area contributed by atoms with Crippen LogP contribution >= 0.6 is 15.9 Å². The Labute approximate surface area is 132 Å². The van der Waals surface area contributed by atoms with Crippen molar-refractivity contribution in [3.05, 3.63) is 64.8 Å². The molecule has 0 atom stereocenters. The molecule has 0 spiro atoms. The first-order chi connectivity index (χ1) is 10.1. The SMILES string of the molecule is CC(C)c1cc(Br)ccc1Oc1ccnc2ccccc12. The van der Waals surface area contributed by atoms with E-state index in [9.17, 15) is 0 Å². The zero-order chi connectivity index (χ0) is 14.8. The second-order valence-corrected chi connectivity index (χ2v) is 6.18. The van der Waals surface area contributed by atoms with Gasteiger partial charge in [-0.3, -0.25) is 4.98 Å². The average molecular weight is 342 g/mol. The Balaban J connectivity index is 2.07. The van der Waals surface area contributed by atoms with Crippen LogP contribution in [0.5, 0.6) is 11.5 Å². The van der Waals surface area contributed by atoms with E-state index in [-0.39, 0.29) is 0 Å². The number of ether oxygens (including phenoxy) is 1. The summed E-state index contributed by atoms with van der Waals surface area (Å²) < 4.78 is 7.25. The van der Waals surface area contributed by atoms with Gasteiger partial charge in [-0.05, 0) is 47.9 Å². The van der Waals surface area contributed by atoms with Gasteiger partial charge in [0, 0.05) is 16.1 Å². The Hall–Kier alpha value is -1.87. The van der Waals surface area contributed by atoms with Crippen molar-refractivity contribution in [1.82, 2.24) is 4.98 Å². The predicted octanol–water partition coefficient (Wildman–Crippen LogP) is 5.91. The molecule has 1 heterocycles. The number of halogens is 1. The zero-order valence-corrected chi connectivity index (χ0v) is 13.6. The van der Waals surface area contributed by atoms with Gasteiger partial charge in [0.25, 0.3) is 0 Å². The van der Waals surface area contributed by atoms with Crippen LogP contribution in [0.25, 0.3) is 10.9 Å². The number of para-hydroxylation sites is 1. The second-order valence-electron chi connectivity index (χ2n) is 5.27. The van der Waals surface area contributed by atoms with E-state index in [0.29, 0.717) is 5.92 Å². The van der Waals surface area contributed by atoms with E-state index in [1.165, 1.54) is 5.56 Å². The number of rotatable bonds is 3. The molecule has 0 aliphatic carbocycles. The average Bonchev–Trinajstić information content (AvgIpc) is 2.49. The smallest absolute Gasteiger partial charge is 0.138 e. The lowest BCUT2D eigenvalue weighted by Gasteiger charge is -2.15. The fourth-order valence-electron chi connectivity index (χ4n) is 2.34. The van der Waals surface area contributed by atoms with Crippen LogP contribution < -0.4 is 4.74 Å². The molecule has 1 aromatic heterocycles. The summed E-state index contributed by atoms with van der Waals surface area (Å²) in [5.74, 6) is 2.12. The van der Waals surface area contributed by atoms with Gasteiger partial charge in [0.05, 0.1) is 5.52 Å². The summed E-state index contributed by atoms with van der Waals surface area (Å²) in [5.41, 5.74) is 2.13. The van der Waals surface area contributed by atoms with Crippen molar-refractivity contribution in [2.75, 3.05) is 0 Å². The maximum absolute atomic E-state index is 6.18. The van der Waals surface area contributed by atoms with Gasteiger partial charge in [0.15, 0.2) is 0 Å². The van der Waals surface area contributed by atoms with Crippen molar-refractivity contribution in [2.24, 2.45) is 0 Å². The van der Waals surface area contributed by atoms with E-state index in [1.54, 1.807) is 6.20 Å². The van der Waals surface area contributed by atoms with Gasteiger partial charge < -0.3 is 4.74 Å². The first-order valence-electron chi connectivity index (χ1n) is 6.96. The number of hydrogen-bond donors (Lipinski definition) is 0. The van der Waals surface area contributed by atoms with Crippen LogP contribution in [0, 0.1) is 0 Å². The fourth-order valence-corrected chi connectivity index (χ4v) is 2.72. The third-order valence-electron chi connectivity index (χ3n) is 3.42. The van der Waals surface area contributed by atoms with Crippen LogP contribution in [0.1, 0.15) is 25.3 Å². The van der Waals surface area contributed by atoms with Crippen LogP contribution in [-0.4, -0.2) is 4.98 Å². The van der Waals surface area contributed by atoms with Gasteiger partial charge >= 0.3 is 0 Å². The number of aromatic nitrogens is 1. The summed E-state index contributed by atoms with van der Waals surface area (Å²) >= 11 is 3.52. The van der Waals surface area contributed by atoms with Gasteiger partial charge in [0.2, 0.25) is 0 Å². The molecule has 0 saturated carbocycles. The monoisotopic (exact) mass is 341 g/mol. The van der Waals surface area contributed by atoms with E-state index in [0.717, 1.165) is 26.9 Å². The molecule has 21 heavy (non-hydrogen) atoms. The molecular weight excluding hydrogens is 326 g/mol. The van der Waals surface area contributed by atoms with Gasteiger partial charge in [-0.15, -0.1) is 0 Å². The zero-order valence-electron chi connectivity index (χ0n) is 12.0. The highest BCUT2D eigenvalue weighted by molar-refractivity contribution is 9.10. The molecule has 2 aromatic carbocycles. The van der Waals surface area contributed by atoms with Crippen molar-refractivity contribution < 1.29 is 4.74 Å². The molecule has 106 valence electrons. The van der Waals surface area contributed by atoms with Crippen LogP contribution in [0.2, 0.25) is 0 Å². The summed E-state index contributed by atoms with van der Waals surface area (Å²) in [6.07, 6.45) is 1.78. The van der Waals surface area contributed by atoms with Crippen LogP contribution in [-0.2, 0) is 0 Å². The summed E-state index contributed by atoms with van der Waals surface area (Å²) in [6.45, 7) is 4.33. The van der Waals surface area contributed by atoms with E-state index in [4.69, 9.17) is 4.74 Å². The third-order valence-corrected chi connectivity index (χ3v) is 3.92. The lowest BCUT2D eigenvalue weighted by molar-refractivity contribution is 0.478. The molecule has 0 unspecified atom stereocenters. The Bertz CT molecular complexity index is 778. The first-order valence-corrected chi connectivity index (χ1v) is 7.75. The van der Waals surface area contributed by atoms with E-state index in [1.807, 2.05) is 42.5 Å². The van der Waals surface area contributed by atoms with Gasteiger partial charge in [-0.2, -0.15) is 0 Å². The number of nitrogens with zero attached hydrogens (tertiary/aromatic N) is 1. The molecule has 3 aromatic rings. The van der Waals surface area contributed by atoms with Crippen molar-refractivity contribution in [3.8, 4) is 11.5 Å². The maximum Gasteiger partial charge on any atom is 0.138 e. The molecule has 0 aliphatic heterocycles. The minimum Gasteiger partial charge on any atom is -0.456 e. The van der Waals surface area contributed by atoms with Gasteiger partial charge in [-0.25, -0.2) is 0 Å². The molecule has 0 saturated heterocycles. The van der Waals surface area contributed by atoms with Crippen LogP contribution in [0.4, 0.5) is 0 Å². The van der Waals surface area contributed by atoms with E-state index in [2.05, 4.69) is 40.8 Å². The van der Waals surface area contributed by atoms with Gasteiger partial charge in [0.1, 0.15) is 11.5 Å². The normalized spacial score (nSPS) is 11.0. The Morgan fingerprint density at radius 1 is 1.00 bits per heavy atom. The highest BCUT2D eigenvalue weighted by Crippen LogP contribution is 2.35. The standard InChI is InChI=1S/C18H16BrNO/c1-12(2)15-11-13(19)7-8-17(15)21-18-9-10-20-16-6-4-3-5-14(16)18/h3-12H,1-2H3. The maximum atomic E-state index is 6.18. The minimum atomic E-state index is 0.394. The molecule has 0 bridgehead atoms. The Morgan fingerprint density at radius 3 is 2.62 bits per heavy atom. The molecule has 2 nitrogen and oxygen atoms in total. The summed E-state index contributed by atoms with van der Waals surface area (Å²) in [6, 6.07) is 16.1. The highest BCUT2D eigenvalue weighted by Gasteiger charge is 2.11. The number of pyridine rings is 1. The summed E-state index contributed by atoms with van der Waals surface area (Å²) in [4.78, 5) is 4.37. The second kappa shape index (κ2) is 5.86. The molecule has 0 amide bonds. The number of fused-ring (bicyclic) bond motifs is 1. The summed E-state index contributed by atoms with van der Waals surface area (Å²) in [7, 11) is 0. The highest BCUT2D eigenvalue weighted by atomic mass is 79.9. The molecule has 3 rings (SSSR count). The number of hydrogen-bond acceptors (Lipinski definition) is 2. The Kier molecular flexibility index (Phi) is 3.93. The topological polar surface area (TPSA) is 22.1 Å². The third kappa shape index (κ3) is 2.93. The Morgan fingerprint density at radius 2 is 1.81 bits per heavy atom. The van der Waals surface area contributed by atoms with Crippen LogP contribution in [0.3, 0.4) is 0 Å². The lowest BCUT2D eigenvalue weighted by atomic mass is 10.0. The lowest BCUT2D eigenvalue weighted by Crippen LogP contribution is -1.95. The van der Waals surface area contributed by atoms with Crippen molar-refractivity contribution in [2.45, 2.75) is 19.8 Å². The molecular formula is C18H16BrNO. The summed E-state index contributed by atoms with van der Waals surface area (Å²) in [5, 5.41) is 1.03. The van der Waals surface area contributed by atoms with Crippen molar-refractivity contribution in [3.63, 3.8) is 0 Å². The van der Waals surface area contributed by atoms with E-state index < -0.39 is 0 Å². The quantitative estimate of drug-likeness (QED) is 0.590. The molecule has 0 aliphatic rings. The van der Waals surface area contributed by atoms with Gasteiger partial charge in [-0.1, -0.05) is 41.9 Å². The van der Waals surface area contributed by atoms with Crippen LogP contribution in [0.15, 0.2) is 59.2 Å². The fraction of sp³-hybridized carbons (Fsp3) is 0.167. The predicted molar refractivity (Wildman–Crippen MR) is 90.0 cm³/mol. The largest absolute Gasteiger partial charge is 0.456 e. The molecule has 0 N–H and O–H groups in total. The molecule has 0 fully saturated rings. The number of benzene rings is 2. The van der Waals surface area contributed by atoms with Crippen molar-refractivity contribution in [1.29, 1.82) is 0 Å². The molecule has 0 radical (unpaired) electrons. The van der Waals surface area contributed by atoms with Crippen molar-refractivity contribution >= 4 is 26.8 Å². The molecule has 3 heteroatoms. The van der Waals surface area contributed by atoms with E-state index >= 15 is 0 Å². The first kappa shape index (κ1) is 14.1. The minimum absolute atomic E-state index is 0.394.